The number of piperidine rings is 1. The molecule has 9 heteroatoms. The number of Topliss-reactive ketones (excluding diaryl/α,β-unsaturated/α-hetero) is 1. The molecule has 2 atom stereocenters. The van der Waals surface area contributed by atoms with Gasteiger partial charge in [-0.15, -0.1) is 0 Å². The Hall–Kier alpha value is -3.75. The molecule has 3 rings (SSSR count). The van der Waals surface area contributed by atoms with Gasteiger partial charge in [-0.2, -0.15) is 0 Å². The first-order valence-corrected chi connectivity index (χ1v) is 14.5. The van der Waals surface area contributed by atoms with Crippen molar-refractivity contribution in [3.63, 3.8) is 0 Å². The molecule has 0 spiro atoms. The third-order valence-corrected chi connectivity index (χ3v) is 7.42. The number of methoxy groups -OCH3 is 2. The van der Waals surface area contributed by atoms with Gasteiger partial charge in [-0.3, -0.25) is 4.79 Å². The maximum atomic E-state index is 13.7. The molecule has 0 radical (unpaired) electrons. The van der Waals surface area contributed by atoms with E-state index in [1.165, 1.54) is 6.92 Å². The molecule has 1 N–H and O–H groups in total. The summed E-state index contributed by atoms with van der Waals surface area (Å²) in [5, 5.41) is 3.07. The zero-order valence-corrected chi connectivity index (χ0v) is 24.9. The number of carbonyl (C=O) groups is 3. The monoisotopic (exact) mass is 568 g/mol. The summed E-state index contributed by atoms with van der Waals surface area (Å²) in [4.78, 5) is 39.9. The number of benzene rings is 2. The van der Waals surface area contributed by atoms with Gasteiger partial charge >= 0.3 is 12.0 Å². The number of carbonyl (C=O) groups excluding carboxylic acids is 3. The van der Waals surface area contributed by atoms with Crippen LogP contribution in [0.15, 0.2) is 42.5 Å². The second-order valence-corrected chi connectivity index (χ2v) is 10.4. The number of esters is 1. The third kappa shape index (κ3) is 9.13. The number of rotatable bonds is 14. The van der Waals surface area contributed by atoms with E-state index in [0.29, 0.717) is 43.1 Å². The number of ketones is 1. The minimum Gasteiger partial charge on any atom is -0.493 e. The fourth-order valence-electron chi connectivity index (χ4n) is 5.01. The molecule has 0 bridgehead atoms. The van der Waals surface area contributed by atoms with Crippen LogP contribution in [0.5, 0.6) is 17.2 Å². The van der Waals surface area contributed by atoms with Crippen molar-refractivity contribution in [3.8, 4) is 17.2 Å². The van der Waals surface area contributed by atoms with Crippen molar-refractivity contribution in [3.05, 3.63) is 53.6 Å². The smallest absolute Gasteiger partial charge is 0.329 e. The molecule has 0 aliphatic carbocycles. The second kappa shape index (κ2) is 15.9. The molecular weight excluding hydrogens is 524 g/mol. The van der Waals surface area contributed by atoms with E-state index < -0.39 is 18.1 Å². The van der Waals surface area contributed by atoms with Gasteiger partial charge < -0.3 is 29.2 Å². The lowest BCUT2D eigenvalue weighted by molar-refractivity contribution is -0.156. The molecule has 0 aromatic heterocycles. The van der Waals surface area contributed by atoms with Gasteiger partial charge in [-0.1, -0.05) is 32.0 Å². The van der Waals surface area contributed by atoms with Crippen LogP contribution < -0.4 is 19.5 Å². The highest BCUT2D eigenvalue weighted by Gasteiger charge is 2.35. The number of amides is 2. The lowest BCUT2D eigenvalue weighted by Gasteiger charge is -2.36. The number of nitrogens with zero attached hydrogens (tertiary/aromatic N) is 1. The van der Waals surface area contributed by atoms with Crippen molar-refractivity contribution >= 4 is 17.8 Å². The van der Waals surface area contributed by atoms with Gasteiger partial charge in [-0.05, 0) is 87.3 Å². The van der Waals surface area contributed by atoms with E-state index in [2.05, 4.69) is 5.32 Å². The van der Waals surface area contributed by atoms with E-state index in [1.807, 2.05) is 44.2 Å². The van der Waals surface area contributed by atoms with Crippen molar-refractivity contribution in [1.29, 1.82) is 0 Å². The first-order valence-electron chi connectivity index (χ1n) is 14.5. The predicted molar refractivity (Wildman–Crippen MR) is 157 cm³/mol. The highest BCUT2D eigenvalue weighted by molar-refractivity contribution is 5.84. The van der Waals surface area contributed by atoms with E-state index in [4.69, 9.17) is 18.9 Å². The van der Waals surface area contributed by atoms with Crippen molar-refractivity contribution in [2.75, 3.05) is 27.4 Å². The second-order valence-electron chi connectivity index (χ2n) is 10.4. The standard InChI is InChI=1S/C32H44N2O7/c1-6-25(7-2)33-32(37)34-18-9-8-13-27(34)31(36)41-28(24-11-10-12-26(20-24)40-21-22(3)35)16-14-23-15-17-29(38-4)30(19-23)39-5/h10-12,15,17,19-20,25,27-28H,6-9,13-14,16,18,21H2,1-5H3,(H,33,37)/t27-,28+/m0/s1. The lowest BCUT2D eigenvalue weighted by Crippen LogP contribution is -2.54. The molecule has 2 aromatic carbocycles. The van der Waals surface area contributed by atoms with Crippen LogP contribution >= 0.6 is 0 Å². The van der Waals surface area contributed by atoms with E-state index in [-0.39, 0.29) is 24.5 Å². The predicted octanol–water partition coefficient (Wildman–Crippen LogP) is 5.64. The summed E-state index contributed by atoms with van der Waals surface area (Å²) < 4.78 is 22.6. The molecular formula is C32H44N2O7. The molecule has 1 aliphatic rings. The van der Waals surface area contributed by atoms with Crippen molar-refractivity contribution in [2.45, 2.75) is 83.9 Å². The molecule has 1 saturated heterocycles. The van der Waals surface area contributed by atoms with Crippen molar-refractivity contribution in [1.82, 2.24) is 10.2 Å². The molecule has 9 nitrogen and oxygen atoms in total. The third-order valence-electron chi connectivity index (χ3n) is 7.42. The average molecular weight is 569 g/mol. The van der Waals surface area contributed by atoms with Crippen LogP contribution in [0.25, 0.3) is 0 Å². The topological polar surface area (TPSA) is 103 Å². The van der Waals surface area contributed by atoms with Crippen LogP contribution in [-0.2, 0) is 20.7 Å². The molecule has 41 heavy (non-hydrogen) atoms. The number of nitrogens with one attached hydrogen (secondary N) is 1. The lowest BCUT2D eigenvalue weighted by atomic mass is 9.99. The summed E-state index contributed by atoms with van der Waals surface area (Å²) in [7, 11) is 3.18. The largest absolute Gasteiger partial charge is 0.493 e. The Kier molecular flexibility index (Phi) is 12.3. The fourth-order valence-corrected chi connectivity index (χ4v) is 5.01. The van der Waals surface area contributed by atoms with Gasteiger partial charge in [-0.25, -0.2) is 9.59 Å². The van der Waals surface area contributed by atoms with Gasteiger partial charge in [0.2, 0.25) is 0 Å². The van der Waals surface area contributed by atoms with E-state index >= 15 is 0 Å². The molecule has 0 saturated carbocycles. The van der Waals surface area contributed by atoms with Gasteiger partial charge in [0.05, 0.1) is 14.2 Å². The quantitative estimate of drug-likeness (QED) is 0.294. The molecule has 0 unspecified atom stereocenters. The minimum atomic E-state index is -0.654. The maximum absolute atomic E-state index is 13.7. The number of hydrogen-bond acceptors (Lipinski definition) is 7. The number of aryl methyl sites for hydroxylation is 1. The SMILES string of the molecule is CCC(CC)NC(=O)N1CCCC[C@H]1C(=O)O[C@H](CCc1ccc(OC)c(OC)c1)c1cccc(OCC(C)=O)c1. The van der Waals surface area contributed by atoms with E-state index in [1.54, 1.807) is 31.3 Å². The summed E-state index contributed by atoms with van der Waals surface area (Å²) in [6, 6.07) is 12.2. The Morgan fingerprint density at radius 1 is 1.00 bits per heavy atom. The highest BCUT2D eigenvalue weighted by Crippen LogP contribution is 2.32. The average Bonchev–Trinajstić information content (AvgIpc) is 3.00. The number of ether oxygens (including phenoxy) is 4. The normalized spacial score (nSPS) is 15.7. The summed E-state index contributed by atoms with van der Waals surface area (Å²) in [6.45, 7) is 6.01. The highest BCUT2D eigenvalue weighted by atomic mass is 16.5. The first-order chi connectivity index (χ1) is 19.8. The van der Waals surface area contributed by atoms with E-state index in [0.717, 1.165) is 36.8 Å². The summed E-state index contributed by atoms with van der Waals surface area (Å²) in [5.41, 5.74) is 1.75. The zero-order valence-electron chi connectivity index (χ0n) is 24.9. The van der Waals surface area contributed by atoms with Crippen molar-refractivity contribution < 1.29 is 33.3 Å². The Morgan fingerprint density at radius 2 is 1.76 bits per heavy atom. The number of hydrogen-bond donors (Lipinski definition) is 1. The minimum absolute atomic E-state index is 0.0395. The Balaban J connectivity index is 1.83. The summed E-state index contributed by atoms with van der Waals surface area (Å²) >= 11 is 0. The first kappa shape index (κ1) is 31.8. The van der Waals surface area contributed by atoms with Crippen LogP contribution in [-0.4, -0.2) is 62.1 Å². The van der Waals surface area contributed by atoms with Crippen LogP contribution in [0.1, 0.15) is 76.5 Å². The van der Waals surface area contributed by atoms with Gasteiger partial charge in [0.1, 0.15) is 24.5 Å². The molecule has 224 valence electrons. The number of urea groups is 1. The molecule has 2 amide bonds. The van der Waals surface area contributed by atoms with Crippen molar-refractivity contribution in [2.24, 2.45) is 0 Å². The Labute approximate surface area is 243 Å². The van der Waals surface area contributed by atoms with Gasteiger partial charge in [0.25, 0.3) is 0 Å². The van der Waals surface area contributed by atoms with Crippen LogP contribution in [0, 0.1) is 0 Å². The van der Waals surface area contributed by atoms with E-state index in [9.17, 15) is 14.4 Å². The summed E-state index contributed by atoms with van der Waals surface area (Å²) in [5.74, 6) is 1.28. The number of likely N-dealkylation sites (tertiary alicyclic amines) is 1. The molecule has 1 heterocycles. The van der Waals surface area contributed by atoms with Crippen LogP contribution in [0.3, 0.4) is 0 Å². The zero-order chi connectivity index (χ0) is 29.8. The Morgan fingerprint density at radius 3 is 2.44 bits per heavy atom. The maximum Gasteiger partial charge on any atom is 0.329 e. The fraction of sp³-hybridized carbons (Fsp3) is 0.531. The molecule has 1 fully saturated rings. The van der Waals surface area contributed by atoms with Crippen LogP contribution in [0.2, 0.25) is 0 Å². The van der Waals surface area contributed by atoms with Gasteiger partial charge in [0, 0.05) is 12.6 Å². The Bertz CT molecular complexity index is 1160. The molecule has 2 aromatic rings. The van der Waals surface area contributed by atoms with Gasteiger partial charge in [0.15, 0.2) is 17.3 Å². The molecule has 1 aliphatic heterocycles. The summed E-state index contributed by atoms with van der Waals surface area (Å²) in [6.07, 6.45) is 4.39. The van der Waals surface area contributed by atoms with Crippen LogP contribution in [0.4, 0.5) is 4.79 Å².